The van der Waals surface area contributed by atoms with Crippen molar-refractivity contribution in [3.8, 4) is 11.1 Å². The molecule has 1 aliphatic rings. The van der Waals surface area contributed by atoms with Gasteiger partial charge in [0, 0.05) is 41.8 Å². The fourth-order valence-corrected chi connectivity index (χ4v) is 5.72. The summed E-state index contributed by atoms with van der Waals surface area (Å²) in [7, 11) is 1.95. The van der Waals surface area contributed by atoms with Crippen LogP contribution < -0.4 is 0 Å². The highest BCUT2D eigenvalue weighted by Gasteiger charge is 2.24. The van der Waals surface area contributed by atoms with Crippen molar-refractivity contribution < 1.29 is 14.7 Å². The molecular weight excluding hydrogens is 460 g/mol. The highest BCUT2D eigenvalue weighted by atomic mass is 16.4. The van der Waals surface area contributed by atoms with E-state index in [9.17, 15) is 14.7 Å². The molecule has 1 aromatic heterocycles. The molecule has 1 fully saturated rings. The van der Waals surface area contributed by atoms with E-state index in [1.54, 1.807) is 12.1 Å². The SMILES string of the molecule is Cc1c(C)n(Cc2ccc(-c3ccccc3C(=O)O)cc2)c2ccc(C(=O)N(C)C3CCCCC3)cc12. The molecule has 1 N–H and O–H groups in total. The lowest BCUT2D eigenvalue weighted by atomic mass is 9.94. The fraction of sp³-hybridized carbons (Fsp3) is 0.312. The smallest absolute Gasteiger partial charge is 0.336 e. The average Bonchev–Trinajstić information content (AvgIpc) is 3.17. The molecule has 0 bridgehead atoms. The molecular formula is C32H34N2O3. The highest BCUT2D eigenvalue weighted by Crippen LogP contribution is 2.30. The van der Waals surface area contributed by atoms with Gasteiger partial charge in [0.2, 0.25) is 0 Å². The molecule has 0 unspecified atom stereocenters. The summed E-state index contributed by atoms with van der Waals surface area (Å²) < 4.78 is 2.30. The fourth-order valence-electron chi connectivity index (χ4n) is 5.72. The van der Waals surface area contributed by atoms with Crippen molar-refractivity contribution in [2.75, 3.05) is 7.05 Å². The third kappa shape index (κ3) is 4.78. The van der Waals surface area contributed by atoms with Gasteiger partial charge in [-0.05, 0) is 73.2 Å². The molecule has 5 nitrogen and oxygen atoms in total. The zero-order valence-electron chi connectivity index (χ0n) is 21.8. The number of aromatic nitrogens is 1. The van der Waals surface area contributed by atoms with Gasteiger partial charge >= 0.3 is 5.97 Å². The molecule has 0 aliphatic heterocycles. The Morgan fingerprint density at radius 2 is 1.65 bits per heavy atom. The van der Waals surface area contributed by atoms with E-state index in [2.05, 4.69) is 42.7 Å². The van der Waals surface area contributed by atoms with Crippen LogP contribution >= 0.6 is 0 Å². The molecule has 0 radical (unpaired) electrons. The Morgan fingerprint density at radius 3 is 2.35 bits per heavy atom. The number of benzene rings is 3. The van der Waals surface area contributed by atoms with E-state index in [1.807, 2.05) is 42.3 Å². The quantitative estimate of drug-likeness (QED) is 0.312. The van der Waals surface area contributed by atoms with Crippen molar-refractivity contribution in [3.05, 3.63) is 94.7 Å². The van der Waals surface area contributed by atoms with E-state index >= 15 is 0 Å². The number of carbonyl (C=O) groups is 2. The van der Waals surface area contributed by atoms with Crippen LogP contribution in [0.4, 0.5) is 0 Å². The molecule has 1 amide bonds. The molecule has 37 heavy (non-hydrogen) atoms. The molecule has 1 aliphatic carbocycles. The summed E-state index contributed by atoms with van der Waals surface area (Å²) in [4.78, 5) is 26.9. The number of carboxylic acid groups (broad SMARTS) is 1. The third-order valence-electron chi connectivity index (χ3n) is 8.09. The van der Waals surface area contributed by atoms with Crippen molar-refractivity contribution in [2.45, 2.75) is 58.5 Å². The molecule has 3 aromatic carbocycles. The second kappa shape index (κ2) is 10.3. The van der Waals surface area contributed by atoms with Crippen molar-refractivity contribution in [1.29, 1.82) is 0 Å². The van der Waals surface area contributed by atoms with Gasteiger partial charge in [-0.15, -0.1) is 0 Å². The Balaban J connectivity index is 1.41. The lowest BCUT2D eigenvalue weighted by Gasteiger charge is -2.31. The van der Waals surface area contributed by atoms with E-state index in [0.29, 0.717) is 18.2 Å². The average molecular weight is 495 g/mol. The van der Waals surface area contributed by atoms with Gasteiger partial charge < -0.3 is 14.6 Å². The van der Waals surface area contributed by atoms with Crippen molar-refractivity contribution in [3.63, 3.8) is 0 Å². The van der Waals surface area contributed by atoms with Crippen LogP contribution in [0.1, 0.15) is 69.6 Å². The maximum absolute atomic E-state index is 13.3. The minimum atomic E-state index is -0.924. The second-order valence-electron chi connectivity index (χ2n) is 10.3. The van der Waals surface area contributed by atoms with Crippen LogP contribution in [-0.2, 0) is 6.54 Å². The van der Waals surface area contributed by atoms with Crippen LogP contribution in [0.2, 0.25) is 0 Å². The molecule has 5 rings (SSSR count). The maximum Gasteiger partial charge on any atom is 0.336 e. The predicted octanol–water partition coefficient (Wildman–Crippen LogP) is 7.08. The Morgan fingerprint density at radius 1 is 0.946 bits per heavy atom. The van der Waals surface area contributed by atoms with E-state index in [-0.39, 0.29) is 5.91 Å². The van der Waals surface area contributed by atoms with E-state index < -0.39 is 5.97 Å². The maximum atomic E-state index is 13.3. The van der Waals surface area contributed by atoms with Crippen molar-refractivity contribution in [2.24, 2.45) is 0 Å². The second-order valence-corrected chi connectivity index (χ2v) is 10.3. The van der Waals surface area contributed by atoms with E-state index in [1.165, 1.54) is 30.5 Å². The third-order valence-corrected chi connectivity index (χ3v) is 8.09. The number of fused-ring (bicyclic) bond motifs is 1. The number of carbonyl (C=O) groups excluding carboxylic acids is 1. The summed E-state index contributed by atoms with van der Waals surface area (Å²) in [6.45, 7) is 4.95. The molecule has 0 spiro atoms. The van der Waals surface area contributed by atoms with Crippen LogP contribution in [0.25, 0.3) is 22.0 Å². The van der Waals surface area contributed by atoms with Crippen molar-refractivity contribution >= 4 is 22.8 Å². The van der Waals surface area contributed by atoms with Crippen LogP contribution in [0, 0.1) is 13.8 Å². The first-order chi connectivity index (χ1) is 17.8. The predicted molar refractivity (Wildman–Crippen MR) is 148 cm³/mol. The molecule has 0 saturated heterocycles. The minimum absolute atomic E-state index is 0.107. The zero-order valence-corrected chi connectivity index (χ0v) is 21.8. The van der Waals surface area contributed by atoms with Gasteiger partial charge in [-0.2, -0.15) is 0 Å². The summed E-state index contributed by atoms with van der Waals surface area (Å²) in [5.41, 5.74) is 7.28. The minimum Gasteiger partial charge on any atom is -0.478 e. The lowest BCUT2D eigenvalue weighted by Crippen LogP contribution is -2.38. The van der Waals surface area contributed by atoms with Gasteiger partial charge in [-0.1, -0.05) is 61.7 Å². The molecule has 1 heterocycles. The first-order valence-electron chi connectivity index (χ1n) is 13.1. The Kier molecular flexibility index (Phi) is 6.88. The number of aryl methyl sites for hydroxylation is 1. The Hall–Kier alpha value is -3.86. The standard InChI is InChI=1S/C32H34N2O3/c1-21-22(2)34(20-23-13-15-24(16-14-23)27-11-7-8-12-28(27)32(36)37)30-18-17-25(19-29(21)30)31(35)33(3)26-9-5-4-6-10-26/h7-8,11-19,26H,4-6,9-10,20H2,1-3H3,(H,36,37). The zero-order chi connectivity index (χ0) is 26.1. The van der Waals surface area contributed by atoms with Crippen molar-refractivity contribution in [1.82, 2.24) is 9.47 Å². The van der Waals surface area contributed by atoms with Crippen LogP contribution in [0.15, 0.2) is 66.7 Å². The molecule has 1 saturated carbocycles. The number of hydrogen-bond acceptors (Lipinski definition) is 2. The highest BCUT2D eigenvalue weighted by molar-refractivity contribution is 5.99. The summed E-state index contributed by atoms with van der Waals surface area (Å²) in [5.74, 6) is -0.816. The molecule has 4 aromatic rings. The number of hydrogen-bond donors (Lipinski definition) is 1. The monoisotopic (exact) mass is 494 g/mol. The number of rotatable bonds is 6. The van der Waals surface area contributed by atoms with E-state index in [0.717, 1.165) is 46.0 Å². The number of carboxylic acids is 1. The number of amides is 1. The number of aromatic carboxylic acids is 1. The summed E-state index contributed by atoms with van der Waals surface area (Å²) >= 11 is 0. The topological polar surface area (TPSA) is 62.5 Å². The van der Waals surface area contributed by atoms with Crippen LogP contribution in [0.5, 0.6) is 0 Å². The largest absolute Gasteiger partial charge is 0.478 e. The molecule has 190 valence electrons. The molecule has 0 atom stereocenters. The van der Waals surface area contributed by atoms with E-state index in [4.69, 9.17) is 0 Å². The first kappa shape index (κ1) is 24.8. The van der Waals surface area contributed by atoms with Gasteiger partial charge in [-0.3, -0.25) is 4.79 Å². The van der Waals surface area contributed by atoms with Gasteiger partial charge in [0.15, 0.2) is 0 Å². The lowest BCUT2D eigenvalue weighted by molar-refractivity contribution is 0.0688. The Bertz CT molecular complexity index is 1460. The van der Waals surface area contributed by atoms with Crippen LogP contribution in [0.3, 0.4) is 0 Å². The van der Waals surface area contributed by atoms with Gasteiger partial charge in [0.1, 0.15) is 0 Å². The normalized spacial score (nSPS) is 14.1. The molecule has 5 heteroatoms. The Labute approximate surface area is 218 Å². The van der Waals surface area contributed by atoms with Gasteiger partial charge in [0.05, 0.1) is 5.56 Å². The summed E-state index contributed by atoms with van der Waals surface area (Å²) in [6, 6.07) is 21.6. The number of nitrogens with zero attached hydrogens (tertiary/aromatic N) is 2. The van der Waals surface area contributed by atoms with Gasteiger partial charge in [-0.25, -0.2) is 4.79 Å². The summed E-state index contributed by atoms with van der Waals surface area (Å²) in [5, 5.41) is 10.7. The first-order valence-corrected chi connectivity index (χ1v) is 13.1. The van der Waals surface area contributed by atoms with Gasteiger partial charge in [0.25, 0.3) is 5.91 Å². The summed E-state index contributed by atoms with van der Waals surface area (Å²) in [6.07, 6.45) is 5.87. The van der Waals surface area contributed by atoms with Crippen LogP contribution in [-0.4, -0.2) is 39.5 Å².